The van der Waals surface area contributed by atoms with E-state index >= 15 is 0 Å². The molecule has 2 aromatic carbocycles. The maximum absolute atomic E-state index is 4.77. The van der Waals surface area contributed by atoms with Gasteiger partial charge in [-0.15, -0.1) is 0 Å². The van der Waals surface area contributed by atoms with Crippen LogP contribution in [0.25, 0.3) is 22.1 Å². The van der Waals surface area contributed by atoms with Crippen LogP contribution in [-0.4, -0.2) is 24.5 Å². The van der Waals surface area contributed by atoms with Gasteiger partial charge in [0.2, 0.25) is 5.95 Å². The molecule has 0 fully saturated rings. The zero-order chi connectivity index (χ0) is 21.2. The zero-order valence-corrected chi connectivity index (χ0v) is 17.4. The van der Waals surface area contributed by atoms with Crippen molar-refractivity contribution < 1.29 is 0 Å². The Balaban J connectivity index is 1.52. The van der Waals surface area contributed by atoms with Gasteiger partial charge in [0.25, 0.3) is 0 Å². The van der Waals surface area contributed by atoms with Gasteiger partial charge >= 0.3 is 0 Å². The lowest BCUT2D eigenvalue weighted by Crippen LogP contribution is -2.07. The minimum atomic E-state index is 0.237. The summed E-state index contributed by atoms with van der Waals surface area (Å²) in [6.07, 6.45) is 3.62. The van der Waals surface area contributed by atoms with Gasteiger partial charge in [-0.25, -0.2) is 4.98 Å². The first kappa shape index (κ1) is 19.0. The third-order valence-corrected chi connectivity index (χ3v) is 5.14. The molecule has 0 radical (unpaired) electrons. The van der Waals surface area contributed by atoms with Gasteiger partial charge in [0.05, 0.1) is 11.8 Å². The number of hydrogen-bond donors (Lipinski definition) is 2. The summed E-state index contributed by atoms with van der Waals surface area (Å²) >= 11 is 0. The molecule has 0 saturated heterocycles. The summed E-state index contributed by atoms with van der Waals surface area (Å²) in [6, 6.07) is 20.5. The fraction of sp³-hybridized carbons (Fsp3) is 0.167. The van der Waals surface area contributed by atoms with Crippen LogP contribution in [0.1, 0.15) is 25.5 Å². The lowest BCUT2D eigenvalue weighted by Gasteiger charge is -2.12. The third kappa shape index (κ3) is 3.90. The SMILES string of the molecule is CC(C)n1cnc2c(NCc3ccccc3)nc(Nc3ccc4ncccc4c3)nc21. The van der Waals surface area contributed by atoms with E-state index in [1.54, 1.807) is 6.20 Å². The first-order valence-electron chi connectivity index (χ1n) is 10.3. The van der Waals surface area contributed by atoms with E-state index in [9.17, 15) is 0 Å². The standard InChI is InChI=1S/C24H23N7/c1-16(2)31-15-27-21-22(26-14-17-7-4-3-5-8-17)29-24(30-23(21)31)28-19-10-11-20-18(13-19)9-6-12-25-20/h3-13,15-16H,14H2,1-2H3,(H2,26,28,29,30). The first-order valence-corrected chi connectivity index (χ1v) is 10.3. The number of anilines is 3. The van der Waals surface area contributed by atoms with Crippen molar-refractivity contribution in [1.29, 1.82) is 0 Å². The van der Waals surface area contributed by atoms with Crippen LogP contribution >= 0.6 is 0 Å². The number of fused-ring (bicyclic) bond motifs is 2. The quantitative estimate of drug-likeness (QED) is 0.395. The highest BCUT2D eigenvalue weighted by molar-refractivity contribution is 5.86. The molecule has 0 atom stereocenters. The van der Waals surface area contributed by atoms with Crippen molar-refractivity contribution in [2.75, 3.05) is 10.6 Å². The van der Waals surface area contributed by atoms with Crippen molar-refractivity contribution >= 4 is 39.5 Å². The van der Waals surface area contributed by atoms with E-state index in [1.165, 1.54) is 5.56 Å². The van der Waals surface area contributed by atoms with Gasteiger partial charge in [0.15, 0.2) is 17.0 Å². The van der Waals surface area contributed by atoms with Crippen LogP contribution in [-0.2, 0) is 6.54 Å². The fourth-order valence-corrected chi connectivity index (χ4v) is 3.54. The topological polar surface area (TPSA) is 80.5 Å². The molecule has 5 rings (SSSR count). The number of nitrogens with one attached hydrogen (secondary N) is 2. The van der Waals surface area contributed by atoms with Crippen molar-refractivity contribution in [2.24, 2.45) is 0 Å². The molecule has 7 heteroatoms. The van der Waals surface area contributed by atoms with Gasteiger partial charge in [-0.3, -0.25) is 4.98 Å². The molecule has 5 aromatic rings. The van der Waals surface area contributed by atoms with E-state index in [1.807, 2.05) is 54.9 Å². The van der Waals surface area contributed by atoms with Crippen LogP contribution in [0.5, 0.6) is 0 Å². The number of rotatable bonds is 6. The van der Waals surface area contributed by atoms with Crippen LogP contribution < -0.4 is 10.6 Å². The summed E-state index contributed by atoms with van der Waals surface area (Å²) < 4.78 is 2.06. The number of benzene rings is 2. The van der Waals surface area contributed by atoms with E-state index in [-0.39, 0.29) is 6.04 Å². The highest BCUT2D eigenvalue weighted by Gasteiger charge is 2.15. The summed E-state index contributed by atoms with van der Waals surface area (Å²) in [5.41, 5.74) is 4.59. The molecular weight excluding hydrogens is 386 g/mol. The molecule has 3 aromatic heterocycles. The van der Waals surface area contributed by atoms with Crippen LogP contribution in [0.3, 0.4) is 0 Å². The van der Waals surface area contributed by atoms with E-state index in [0.717, 1.165) is 27.8 Å². The second-order valence-corrected chi connectivity index (χ2v) is 7.69. The molecule has 31 heavy (non-hydrogen) atoms. The Labute approximate surface area is 180 Å². The van der Waals surface area contributed by atoms with Crippen LogP contribution in [0.4, 0.5) is 17.5 Å². The maximum atomic E-state index is 4.77. The lowest BCUT2D eigenvalue weighted by atomic mass is 10.2. The van der Waals surface area contributed by atoms with E-state index in [0.29, 0.717) is 18.3 Å². The van der Waals surface area contributed by atoms with E-state index in [4.69, 9.17) is 9.97 Å². The molecular formula is C24H23N7. The predicted molar refractivity (Wildman–Crippen MR) is 125 cm³/mol. The Morgan fingerprint density at radius 1 is 0.935 bits per heavy atom. The Morgan fingerprint density at radius 3 is 2.65 bits per heavy atom. The van der Waals surface area contributed by atoms with Gasteiger partial charge in [-0.1, -0.05) is 36.4 Å². The van der Waals surface area contributed by atoms with E-state index in [2.05, 4.69) is 51.1 Å². The second-order valence-electron chi connectivity index (χ2n) is 7.69. The summed E-state index contributed by atoms with van der Waals surface area (Å²) in [7, 11) is 0. The van der Waals surface area contributed by atoms with Crippen molar-refractivity contribution in [3.63, 3.8) is 0 Å². The maximum Gasteiger partial charge on any atom is 0.231 e. The fourth-order valence-electron chi connectivity index (χ4n) is 3.54. The summed E-state index contributed by atoms with van der Waals surface area (Å²) in [4.78, 5) is 18.5. The van der Waals surface area contributed by atoms with Crippen LogP contribution in [0, 0.1) is 0 Å². The van der Waals surface area contributed by atoms with E-state index < -0.39 is 0 Å². The molecule has 3 heterocycles. The number of hydrogen-bond acceptors (Lipinski definition) is 6. The summed E-state index contributed by atoms with van der Waals surface area (Å²) in [6.45, 7) is 4.88. The Kier molecular flexibility index (Phi) is 4.92. The molecule has 0 saturated carbocycles. The average Bonchev–Trinajstić information content (AvgIpc) is 3.22. The normalized spacial score (nSPS) is 11.3. The molecule has 2 N–H and O–H groups in total. The van der Waals surface area contributed by atoms with Gasteiger partial charge < -0.3 is 15.2 Å². The van der Waals surface area contributed by atoms with Gasteiger partial charge in [0.1, 0.15) is 0 Å². The third-order valence-electron chi connectivity index (χ3n) is 5.14. The molecule has 7 nitrogen and oxygen atoms in total. The number of imidazole rings is 1. The molecule has 0 aliphatic heterocycles. The van der Waals surface area contributed by atoms with Gasteiger partial charge in [-0.05, 0) is 43.7 Å². The Bertz CT molecular complexity index is 1340. The van der Waals surface area contributed by atoms with Crippen LogP contribution in [0.2, 0.25) is 0 Å². The first-order chi connectivity index (χ1) is 15.2. The molecule has 0 amide bonds. The summed E-state index contributed by atoms with van der Waals surface area (Å²) in [5, 5.41) is 7.85. The van der Waals surface area contributed by atoms with Crippen molar-refractivity contribution in [3.05, 3.63) is 78.8 Å². The van der Waals surface area contributed by atoms with Crippen LogP contribution in [0.15, 0.2) is 73.2 Å². The smallest absolute Gasteiger partial charge is 0.231 e. The van der Waals surface area contributed by atoms with Crippen molar-refractivity contribution in [3.8, 4) is 0 Å². The summed E-state index contributed by atoms with van der Waals surface area (Å²) in [5.74, 6) is 1.23. The predicted octanol–water partition coefficient (Wildman–Crippen LogP) is 5.31. The van der Waals surface area contributed by atoms with Gasteiger partial charge in [0, 0.05) is 29.9 Å². The minimum absolute atomic E-state index is 0.237. The Morgan fingerprint density at radius 2 is 1.81 bits per heavy atom. The molecule has 0 unspecified atom stereocenters. The second kappa shape index (κ2) is 8.02. The van der Waals surface area contributed by atoms with Crippen molar-refractivity contribution in [1.82, 2.24) is 24.5 Å². The molecule has 0 spiro atoms. The lowest BCUT2D eigenvalue weighted by molar-refractivity contribution is 0.613. The van der Waals surface area contributed by atoms with Crippen molar-refractivity contribution in [2.45, 2.75) is 26.4 Å². The number of aromatic nitrogens is 5. The highest BCUT2D eigenvalue weighted by Crippen LogP contribution is 2.26. The highest BCUT2D eigenvalue weighted by atomic mass is 15.2. The molecule has 0 aliphatic carbocycles. The minimum Gasteiger partial charge on any atom is -0.364 e. The molecule has 0 bridgehead atoms. The molecule has 154 valence electrons. The monoisotopic (exact) mass is 409 g/mol. The van der Waals surface area contributed by atoms with Gasteiger partial charge in [-0.2, -0.15) is 9.97 Å². The number of pyridine rings is 1. The average molecular weight is 409 g/mol. The number of nitrogens with zero attached hydrogens (tertiary/aromatic N) is 5. The Hall–Kier alpha value is -4.00. The molecule has 0 aliphatic rings. The zero-order valence-electron chi connectivity index (χ0n) is 17.4. The largest absolute Gasteiger partial charge is 0.364 e.